The molecule has 0 radical (unpaired) electrons. The fourth-order valence-electron chi connectivity index (χ4n) is 7.99. The Balaban J connectivity index is 1.06. The Morgan fingerprint density at radius 1 is 0.291 bits per heavy atom. The van der Waals surface area contributed by atoms with Gasteiger partial charge in [0.05, 0.1) is 0 Å². The maximum absolute atomic E-state index is 6.46. The van der Waals surface area contributed by atoms with Crippen molar-refractivity contribution in [3.8, 4) is 56.4 Å². The number of hydrogen-bond acceptors (Lipinski definition) is 4. The molecule has 0 saturated heterocycles. The largest absolute Gasteiger partial charge is 0.456 e. The van der Waals surface area contributed by atoms with E-state index in [1.807, 2.05) is 30.3 Å². The maximum atomic E-state index is 6.46. The van der Waals surface area contributed by atoms with Crippen LogP contribution in [-0.4, -0.2) is 15.0 Å². The van der Waals surface area contributed by atoms with Crippen LogP contribution in [0.3, 0.4) is 0 Å². The summed E-state index contributed by atoms with van der Waals surface area (Å²) >= 11 is 0. The summed E-state index contributed by atoms with van der Waals surface area (Å²) in [5, 5.41) is 9.22. The van der Waals surface area contributed by atoms with Crippen LogP contribution in [0.15, 0.2) is 192 Å². The summed E-state index contributed by atoms with van der Waals surface area (Å²) in [6.45, 7) is 0. The molecule has 9 aromatic carbocycles. The van der Waals surface area contributed by atoms with E-state index in [1.165, 1.54) is 21.7 Å². The van der Waals surface area contributed by atoms with Gasteiger partial charge < -0.3 is 4.42 Å². The van der Waals surface area contributed by atoms with Crippen LogP contribution >= 0.6 is 0 Å². The fourth-order valence-corrected chi connectivity index (χ4v) is 7.99. The minimum absolute atomic E-state index is 0.628. The summed E-state index contributed by atoms with van der Waals surface area (Å²) in [6.07, 6.45) is 0. The number of hydrogen-bond donors (Lipinski definition) is 0. The van der Waals surface area contributed by atoms with Crippen LogP contribution < -0.4 is 0 Å². The second kappa shape index (κ2) is 12.6. The molecule has 11 rings (SSSR count). The molecular weight excluding hydrogens is 671 g/mol. The van der Waals surface area contributed by atoms with Crippen molar-refractivity contribution in [2.45, 2.75) is 0 Å². The zero-order valence-electron chi connectivity index (χ0n) is 29.6. The van der Waals surface area contributed by atoms with Crippen LogP contribution in [0.1, 0.15) is 0 Å². The quantitative estimate of drug-likeness (QED) is 0.179. The van der Waals surface area contributed by atoms with Crippen LogP contribution in [0, 0.1) is 0 Å². The van der Waals surface area contributed by atoms with E-state index in [0.717, 1.165) is 71.5 Å². The minimum atomic E-state index is 0.628. The first-order chi connectivity index (χ1) is 27.2. The van der Waals surface area contributed by atoms with E-state index in [-0.39, 0.29) is 0 Å². The summed E-state index contributed by atoms with van der Waals surface area (Å²) in [4.78, 5) is 15.3. The molecule has 0 fully saturated rings. The van der Waals surface area contributed by atoms with Gasteiger partial charge in [0.1, 0.15) is 11.2 Å². The van der Waals surface area contributed by atoms with Crippen molar-refractivity contribution in [1.82, 2.24) is 15.0 Å². The van der Waals surface area contributed by atoms with Gasteiger partial charge in [-0.25, -0.2) is 15.0 Å². The van der Waals surface area contributed by atoms with Crippen LogP contribution in [0.25, 0.3) is 111 Å². The third-order valence-electron chi connectivity index (χ3n) is 10.7. The first-order valence-corrected chi connectivity index (χ1v) is 18.5. The number of rotatable bonds is 5. The third kappa shape index (κ3) is 5.34. The number of fused-ring (bicyclic) bond motifs is 6. The van der Waals surface area contributed by atoms with Gasteiger partial charge in [-0.15, -0.1) is 0 Å². The average molecular weight is 702 g/mol. The van der Waals surface area contributed by atoms with Gasteiger partial charge in [0.2, 0.25) is 0 Å². The Morgan fingerprint density at radius 2 is 0.855 bits per heavy atom. The zero-order chi connectivity index (χ0) is 36.3. The molecule has 0 spiro atoms. The van der Waals surface area contributed by atoms with E-state index in [2.05, 4.69) is 158 Å². The lowest BCUT2D eigenvalue weighted by Gasteiger charge is -2.14. The normalized spacial score (nSPS) is 11.6. The molecular formula is C51H31N3O. The van der Waals surface area contributed by atoms with Crippen LogP contribution in [0.2, 0.25) is 0 Å². The van der Waals surface area contributed by atoms with Crippen molar-refractivity contribution < 1.29 is 4.42 Å². The lowest BCUT2D eigenvalue weighted by Crippen LogP contribution is -2.00. The van der Waals surface area contributed by atoms with Gasteiger partial charge in [-0.2, -0.15) is 0 Å². The molecule has 0 aliphatic carbocycles. The molecule has 0 unspecified atom stereocenters. The Bertz CT molecular complexity index is 3260. The molecule has 0 aliphatic rings. The molecule has 4 heteroatoms. The van der Waals surface area contributed by atoms with Gasteiger partial charge >= 0.3 is 0 Å². The maximum Gasteiger partial charge on any atom is 0.164 e. The highest BCUT2D eigenvalue weighted by atomic mass is 16.3. The van der Waals surface area contributed by atoms with E-state index in [4.69, 9.17) is 19.4 Å². The zero-order valence-corrected chi connectivity index (χ0v) is 29.6. The standard InChI is InChI=1S/C51H31N3O/c1-2-12-34(13-3-1)49-52-50(35-24-21-33(22-25-35)39-26-23-32-11-4-5-14-36(32)29-39)54-51(53-49)44-28-27-42(40-17-8-9-18-41(40)44)43-19-10-20-46-48(43)45-30-37-15-6-7-16-38(37)31-47(45)55-46/h1-31H. The van der Waals surface area contributed by atoms with Gasteiger partial charge in [0.25, 0.3) is 0 Å². The second-order valence-corrected chi connectivity index (χ2v) is 14.0. The molecule has 4 nitrogen and oxygen atoms in total. The third-order valence-corrected chi connectivity index (χ3v) is 10.7. The van der Waals surface area contributed by atoms with Crippen LogP contribution in [0.4, 0.5) is 0 Å². The van der Waals surface area contributed by atoms with E-state index in [9.17, 15) is 0 Å². The van der Waals surface area contributed by atoms with Crippen molar-refractivity contribution in [3.63, 3.8) is 0 Å². The van der Waals surface area contributed by atoms with Crippen molar-refractivity contribution in [3.05, 3.63) is 188 Å². The molecule has 2 heterocycles. The summed E-state index contributed by atoms with van der Waals surface area (Å²) in [6, 6.07) is 65.8. The van der Waals surface area contributed by atoms with Crippen molar-refractivity contribution in [1.29, 1.82) is 0 Å². The predicted octanol–water partition coefficient (Wildman–Crippen LogP) is 13.6. The first kappa shape index (κ1) is 31.1. The van der Waals surface area contributed by atoms with Crippen molar-refractivity contribution in [2.24, 2.45) is 0 Å². The summed E-state index contributed by atoms with van der Waals surface area (Å²) in [5.41, 5.74) is 9.14. The average Bonchev–Trinajstić information content (AvgIpc) is 3.63. The van der Waals surface area contributed by atoms with E-state index in [1.54, 1.807) is 0 Å². The number of nitrogens with zero attached hydrogens (tertiary/aromatic N) is 3. The Morgan fingerprint density at radius 3 is 1.62 bits per heavy atom. The molecule has 55 heavy (non-hydrogen) atoms. The van der Waals surface area contributed by atoms with Gasteiger partial charge in [-0.05, 0) is 84.9 Å². The SMILES string of the molecule is c1ccc(-c2nc(-c3ccc(-c4ccc5ccccc5c4)cc3)nc(-c3ccc(-c4cccc5oc6cc7ccccc7cc6c45)c4ccccc34)n2)cc1. The molecule has 11 aromatic rings. The predicted molar refractivity (Wildman–Crippen MR) is 227 cm³/mol. The van der Waals surface area contributed by atoms with Crippen molar-refractivity contribution in [2.75, 3.05) is 0 Å². The Hall–Kier alpha value is -7.43. The van der Waals surface area contributed by atoms with Crippen LogP contribution in [0.5, 0.6) is 0 Å². The minimum Gasteiger partial charge on any atom is -0.456 e. The molecule has 0 aliphatic heterocycles. The summed E-state index contributed by atoms with van der Waals surface area (Å²) in [7, 11) is 0. The highest BCUT2D eigenvalue weighted by Crippen LogP contribution is 2.42. The first-order valence-electron chi connectivity index (χ1n) is 18.5. The van der Waals surface area contributed by atoms with E-state index >= 15 is 0 Å². The van der Waals surface area contributed by atoms with Gasteiger partial charge in [0.15, 0.2) is 17.5 Å². The van der Waals surface area contributed by atoms with E-state index < -0.39 is 0 Å². The van der Waals surface area contributed by atoms with E-state index in [0.29, 0.717) is 17.5 Å². The smallest absolute Gasteiger partial charge is 0.164 e. The summed E-state index contributed by atoms with van der Waals surface area (Å²) in [5.74, 6) is 1.89. The lowest BCUT2D eigenvalue weighted by atomic mass is 9.92. The Kier molecular flexibility index (Phi) is 7.14. The summed E-state index contributed by atoms with van der Waals surface area (Å²) < 4.78 is 6.46. The number of furan rings is 1. The molecule has 0 N–H and O–H groups in total. The monoisotopic (exact) mass is 701 g/mol. The highest BCUT2D eigenvalue weighted by molar-refractivity contribution is 6.18. The number of aromatic nitrogens is 3. The van der Waals surface area contributed by atoms with Crippen molar-refractivity contribution >= 4 is 54.3 Å². The number of benzene rings is 9. The second-order valence-electron chi connectivity index (χ2n) is 14.0. The molecule has 256 valence electrons. The van der Waals surface area contributed by atoms with Gasteiger partial charge in [-0.3, -0.25) is 0 Å². The topological polar surface area (TPSA) is 51.8 Å². The highest BCUT2D eigenvalue weighted by Gasteiger charge is 2.19. The molecule has 0 saturated carbocycles. The molecule has 0 amide bonds. The lowest BCUT2D eigenvalue weighted by molar-refractivity contribution is 0.669. The molecule has 0 atom stereocenters. The Labute approximate surface area is 317 Å². The van der Waals surface area contributed by atoms with Gasteiger partial charge in [0, 0.05) is 27.5 Å². The molecule has 2 aromatic heterocycles. The molecule has 0 bridgehead atoms. The van der Waals surface area contributed by atoms with Gasteiger partial charge in [-0.1, -0.05) is 158 Å². The fraction of sp³-hybridized carbons (Fsp3) is 0. The van der Waals surface area contributed by atoms with Crippen LogP contribution in [-0.2, 0) is 0 Å².